The molecule has 0 radical (unpaired) electrons. The fourth-order valence-electron chi connectivity index (χ4n) is 3.16. The molecule has 5 nitrogen and oxygen atoms in total. The third-order valence-electron chi connectivity index (χ3n) is 4.40. The molecular weight excluding hydrogens is 262 g/mol. The summed E-state index contributed by atoms with van der Waals surface area (Å²) in [4.78, 5) is 14.2. The minimum Gasteiger partial charge on any atom is -0.352 e. The van der Waals surface area contributed by atoms with E-state index >= 15 is 0 Å². The van der Waals surface area contributed by atoms with Crippen molar-refractivity contribution in [3.8, 4) is 0 Å². The van der Waals surface area contributed by atoms with Gasteiger partial charge in [-0.3, -0.25) is 9.88 Å². The highest BCUT2D eigenvalue weighted by atomic mass is 15.3. The van der Waals surface area contributed by atoms with E-state index in [1.807, 2.05) is 12.4 Å². The highest BCUT2D eigenvalue weighted by molar-refractivity contribution is 5.37. The quantitative estimate of drug-likeness (QED) is 0.916. The lowest BCUT2D eigenvalue weighted by molar-refractivity contribution is 0.230. The van der Waals surface area contributed by atoms with E-state index in [1.54, 1.807) is 0 Å². The van der Waals surface area contributed by atoms with Crippen molar-refractivity contribution in [1.29, 1.82) is 0 Å². The van der Waals surface area contributed by atoms with Crippen molar-refractivity contribution < 1.29 is 0 Å². The molecular formula is C16H27N5. The molecule has 0 saturated carbocycles. The summed E-state index contributed by atoms with van der Waals surface area (Å²) in [6, 6.07) is 0.725. The number of aromatic nitrogens is 2. The first-order chi connectivity index (χ1) is 10.0. The molecule has 1 atom stereocenters. The van der Waals surface area contributed by atoms with Crippen molar-refractivity contribution in [3.05, 3.63) is 18.1 Å². The van der Waals surface area contributed by atoms with Crippen LogP contribution in [0.15, 0.2) is 12.4 Å². The number of hydrogen-bond acceptors (Lipinski definition) is 5. The van der Waals surface area contributed by atoms with Gasteiger partial charge in [0.1, 0.15) is 5.82 Å². The Morgan fingerprint density at radius 1 is 1.19 bits per heavy atom. The summed E-state index contributed by atoms with van der Waals surface area (Å²) in [5.41, 5.74) is 1.12. The Morgan fingerprint density at radius 3 is 2.76 bits per heavy atom. The summed E-state index contributed by atoms with van der Waals surface area (Å²) in [6.07, 6.45) is 6.53. The number of rotatable bonds is 3. The van der Waals surface area contributed by atoms with Crippen molar-refractivity contribution in [3.63, 3.8) is 0 Å². The maximum absolute atomic E-state index is 4.62. The fraction of sp³-hybridized carbons (Fsp3) is 0.750. The molecule has 3 heterocycles. The van der Waals surface area contributed by atoms with Crippen molar-refractivity contribution in [2.45, 2.75) is 51.7 Å². The largest absolute Gasteiger partial charge is 0.352 e. The Hall–Kier alpha value is -1.20. The van der Waals surface area contributed by atoms with Gasteiger partial charge in [-0.15, -0.1) is 0 Å². The zero-order valence-electron chi connectivity index (χ0n) is 13.5. The number of nitrogens with zero attached hydrogens (tertiary/aromatic N) is 4. The van der Waals surface area contributed by atoms with Crippen LogP contribution >= 0.6 is 0 Å². The van der Waals surface area contributed by atoms with Crippen LogP contribution in [0.25, 0.3) is 0 Å². The molecule has 0 bridgehead atoms. The third-order valence-corrected chi connectivity index (χ3v) is 4.40. The Kier molecular flexibility index (Phi) is 4.13. The van der Waals surface area contributed by atoms with Crippen LogP contribution in [0.4, 0.5) is 5.82 Å². The lowest BCUT2D eigenvalue weighted by atomic mass is 10.1. The molecule has 116 valence electrons. The first-order valence-electron chi connectivity index (χ1n) is 8.06. The molecule has 0 aliphatic carbocycles. The maximum atomic E-state index is 4.62. The van der Waals surface area contributed by atoms with Crippen LogP contribution in [0.5, 0.6) is 0 Å². The van der Waals surface area contributed by atoms with Crippen molar-refractivity contribution in [1.82, 2.24) is 20.2 Å². The molecule has 0 amide bonds. The van der Waals surface area contributed by atoms with Gasteiger partial charge in [0.2, 0.25) is 0 Å². The molecule has 1 aromatic heterocycles. The Morgan fingerprint density at radius 2 is 2.05 bits per heavy atom. The smallest absolute Gasteiger partial charge is 0.147 e. The van der Waals surface area contributed by atoms with Crippen LogP contribution in [0.2, 0.25) is 0 Å². The molecule has 5 heteroatoms. The average Bonchev–Trinajstić information content (AvgIpc) is 2.92. The second kappa shape index (κ2) is 5.89. The van der Waals surface area contributed by atoms with Gasteiger partial charge in [-0.05, 0) is 40.2 Å². The van der Waals surface area contributed by atoms with Gasteiger partial charge in [-0.2, -0.15) is 0 Å². The standard InChI is InChI=1S/C16H27N5/c1-16(2,3)19-10-13-9-18-15(11-17-13)21-8-7-20-6-4-5-14(20)12-21/h9,11,14,19H,4-8,10,12H2,1-3H3. The number of piperazine rings is 1. The third kappa shape index (κ3) is 3.71. The first kappa shape index (κ1) is 14.7. The molecule has 0 aromatic carbocycles. The van der Waals surface area contributed by atoms with Crippen LogP contribution < -0.4 is 10.2 Å². The maximum Gasteiger partial charge on any atom is 0.147 e. The van der Waals surface area contributed by atoms with E-state index in [2.05, 4.69) is 45.9 Å². The van der Waals surface area contributed by atoms with Gasteiger partial charge in [0.15, 0.2) is 0 Å². The topological polar surface area (TPSA) is 44.3 Å². The van der Waals surface area contributed by atoms with E-state index in [4.69, 9.17) is 0 Å². The number of nitrogens with one attached hydrogen (secondary N) is 1. The summed E-state index contributed by atoms with van der Waals surface area (Å²) in [5, 5.41) is 3.44. The monoisotopic (exact) mass is 289 g/mol. The van der Waals surface area contributed by atoms with Gasteiger partial charge in [0.05, 0.1) is 18.1 Å². The lowest BCUT2D eigenvalue weighted by Crippen LogP contribution is -2.50. The van der Waals surface area contributed by atoms with Gasteiger partial charge in [-0.25, -0.2) is 4.98 Å². The van der Waals surface area contributed by atoms with Gasteiger partial charge >= 0.3 is 0 Å². The molecule has 2 aliphatic heterocycles. The molecule has 2 fully saturated rings. The predicted molar refractivity (Wildman–Crippen MR) is 85.4 cm³/mol. The molecule has 1 N–H and O–H groups in total. The van der Waals surface area contributed by atoms with Crippen LogP contribution in [-0.4, -0.2) is 52.6 Å². The van der Waals surface area contributed by atoms with Crippen LogP contribution in [0, 0.1) is 0 Å². The SMILES string of the molecule is CC(C)(C)NCc1cnc(N2CCN3CCCC3C2)cn1. The minimum absolute atomic E-state index is 0.110. The number of anilines is 1. The van der Waals surface area contributed by atoms with E-state index in [0.29, 0.717) is 0 Å². The minimum atomic E-state index is 0.110. The Bertz CT molecular complexity index is 465. The molecule has 3 rings (SSSR count). The number of hydrogen-bond donors (Lipinski definition) is 1. The summed E-state index contributed by atoms with van der Waals surface area (Å²) in [6.45, 7) is 11.9. The van der Waals surface area contributed by atoms with Crippen LogP contribution in [-0.2, 0) is 6.54 Å². The molecule has 2 aliphatic rings. The zero-order chi connectivity index (χ0) is 14.9. The second-order valence-electron chi connectivity index (χ2n) is 7.25. The van der Waals surface area contributed by atoms with Gasteiger partial charge < -0.3 is 10.2 Å². The van der Waals surface area contributed by atoms with E-state index in [9.17, 15) is 0 Å². The van der Waals surface area contributed by atoms with Gasteiger partial charge in [-0.1, -0.05) is 0 Å². The fourth-order valence-corrected chi connectivity index (χ4v) is 3.16. The highest BCUT2D eigenvalue weighted by Gasteiger charge is 2.30. The summed E-state index contributed by atoms with van der Waals surface area (Å²) in [5.74, 6) is 1.03. The Balaban J connectivity index is 1.59. The average molecular weight is 289 g/mol. The summed E-state index contributed by atoms with van der Waals surface area (Å²) in [7, 11) is 0. The lowest BCUT2D eigenvalue weighted by Gasteiger charge is -2.38. The van der Waals surface area contributed by atoms with Crippen molar-refractivity contribution >= 4 is 5.82 Å². The number of fused-ring (bicyclic) bond motifs is 1. The first-order valence-corrected chi connectivity index (χ1v) is 8.06. The van der Waals surface area contributed by atoms with Crippen LogP contribution in [0.3, 0.4) is 0 Å². The molecule has 21 heavy (non-hydrogen) atoms. The summed E-state index contributed by atoms with van der Waals surface area (Å²) < 4.78 is 0. The van der Waals surface area contributed by atoms with E-state index in [1.165, 1.54) is 25.9 Å². The predicted octanol–water partition coefficient (Wildman–Crippen LogP) is 1.65. The summed E-state index contributed by atoms with van der Waals surface area (Å²) >= 11 is 0. The van der Waals surface area contributed by atoms with E-state index in [-0.39, 0.29) is 5.54 Å². The highest BCUT2D eigenvalue weighted by Crippen LogP contribution is 2.23. The van der Waals surface area contributed by atoms with E-state index < -0.39 is 0 Å². The zero-order valence-corrected chi connectivity index (χ0v) is 13.5. The normalized spacial score (nSPS) is 23.4. The van der Waals surface area contributed by atoms with Gasteiger partial charge in [0.25, 0.3) is 0 Å². The molecule has 0 spiro atoms. The van der Waals surface area contributed by atoms with E-state index in [0.717, 1.165) is 37.2 Å². The second-order valence-corrected chi connectivity index (χ2v) is 7.25. The van der Waals surface area contributed by atoms with Crippen molar-refractivity contribution in [2.24, 2.45) is 0 Å². The molecule has 1 aromatic rings. The van der Waals surface area contributed by atoms with Gasteiger partial charge in [0, 0.05) is 37.8 Å². The van der Waals surface area contributed by atoms with Crippen molar-refractivity contribution in [2.75, 3.05) is 31.1 Å². The molecule has 1 unspecified atom stereocenters. The molecule has 2 saturated heterocycles. The Labute approximate surface area is 127 Å². The van der Waals surface area contributed by atoms with Crippen LogP contribution in [0.1, 0.15) is 39.3 Å².